The first-order chi connectivity index (χ1) is 8.71. The third kappa shape index (κ3) is 3.29. The van der Waals surface area contributed by atoms with Gasteiger partial charge in [0.1, 0.15) is 0 Å². The van der Waals surface area contributed by atoms with Gasteiger partial charge >= 0.3 is 5.97 Å². The van der Waals surface area contributed by atoms with Gasteiger partial charge in [0.2, 0.25) is 0 Å². The second-order valence-corrected chi connectivity index (χ2v) is 7.17. The summed E-state index contributed by atoms with van der Waals surface area (Å²) in [6.07, 6.45) is 4.55. The maximum Gasteiger partial charge on any atom is 0.304 e. The SMILES string of the molecule is CC1(C)CC(N2CCCCC2CC(=O)O)C(C)(C)O1. The summed E-state index contributed by atoms with van der Waals surface area (Å²) in [6, 6.07) is 0.500. The zero-order valence-electron chi connectivity index (χ0n) is 12.6. The lowest BCUT2D eigenvalue weighted by Gasteiger charge is -2.43. The number of hydrogen-bond acceptors (Lipinski definition) is 3. The Bertz CT molecular complexity index is 351. The summed E-state index contributed by atoms with van der Waals surface area (Å²) >= 11 is 0. The number of ether oxygens (including phenoxy) is 1. The molecule has 4 nitrogen and oxygen atoms in total. The lowest BCUT2D eigenvalue weighted by Crippen LogP contribution is -2.53. The summed E-state index contributed by atoms with van der Waals surface area (Å²) in [4.78, 5) is 13.5. The third-order valence-electron chi connectivity index (χ3n) is 4.51. The Balaban J connectivity index is 2.15. The highest BCUT2D eigenvalue weighted by molar-refractivity contribution is 5.67. The van der Waals surface area contributed by atoms with Crippen LogP contribution in [0.15, 0.2) is 0 Å². The second-order valence-electron chi connectivity index (χ2n) is 7.17. The standard InChI is InChI=1S/C15H27NO3/c1-14(2)10-12(15(3,4)19-14)16-8-6-5-7-11(16)9-13(17)18/h11-12H,5-10H2,1-4H3,(H,17,18). The topological polar surface area (TPSA) is 49.8 Å². The van der Waals surface area contributed by atoms with Crippen molar-refractivity contribution in [2.24, 2.45) is 0 Å². The quantitative estimate of drug-likeness (QED) is 0.855. The van der Waals surface area contributed by atoms with Gasteiger partial charge in [0, 0.05) is 12.1 Å². The Morgan fingerprint density at radius 3 is 2.53 bits per heavy atom. The number of likely N-dealkylation sites (tertiary alicyclic amines) is 1. The van der Waals surface area contributed by atoms with E-state index in [9.17, 15) is 4.79 Å². The van der Waals surface area contributed by atoms with E-state index < -0.39 is 5.97 Å². The molecule has 0 aromatic heterocycles. The Hall–Kier alpha value is -0.610. The summed E-state index contributed by atoms with van der Waals surface area (Å²) in [7, 11) is 0. The van der Waals surface area contributed by atoms with Crippen LogP contribution in [0.1, 0.15) is 59.8 Å². The minimum Gasteiger partial charge on any atom is -0.481 e. The molecular formula is C15H27NO3. The van der Waals surface area contributed by atoms with Gasteiger partial charge in [-0.25, -0.2) is 0 Å². The molecule has 0 saturated carbocycles. The Kier molecular flexibility index (Phi) is 3.94. The average Bonchev–Trinajstić information content (AvgIpc) is 2.46. The van der Waals surface area contributed by atoms with Crippen LogP contribution in [0.2, 0.25) is 0 Å². The summed E-state index contributed by atoms with van der Waals surface area (Å²) in [5.74, 6) is -0.687. The molecule has 110 valence electrons. The fraction of sp³-hybridized carbons (Fsp3) is 0.933. The Morgan fingerprint density at radius 1 is 1.32 bits per heavy atom. The van der Waals surface area contributed by atoms with E-state index in [1.165, 1.54) is 6.42 Å². The van der Waals surface area contributed by atoms with Crippen LogP contribution in [-0.2, 0) is 9.53 Å². The van der Waals surface area contributed by atoms with E-state index in [1.54, 1.807) is 0 Å². The molecule has 2 aliphatic rings. The number of rotatable bonds is 3. The van der Waals surface area contributed by atoms with Gasteiger partial charge in [-0.15, -0.1) is 0 Å². The molecule has 2 atom stereocenters. The van der Waals surface area contributed by atoms with E-state index in [4.69, 9.17) is 9.84 Å². The molecule has 4 heteroatoms. The van der Waals surface area contributed by atoms with Crippen molar-refractivity contribution >= 4 is 5.97 Å². The fourth-order valence-electron chi connectivity index (χ4n) is 3.90. The number of carbonyl (C=O) groups is 1. The van der Waals surface area contributed by atoms with Crippen molar-refractivity contribution in [3.05, 3.63) is 0 Å². The van der Waals surface area contributed by atoms with Crippen LogP contribution >= 0.6 is 0 Å². The van der Waals surface area contributed by atoms with Crippen LogP contribution < -0.4 is 0 Å². The molecule has 19 heavy (non-hydrogen) atoms. The minimum absolute atomic E-state index is 0.112. The second kappa shape index (κ2) is 5.06. The monoisotopic (exact) mass is 269 g/mol. The van der Waals surface area contributed by atoms with Crippen molar-refractivity contribution in [3.8, 4) is 0 Å². The van der Waals surface area contributed by atoms with Crippen molar-refractivity contribution in [2.45, 2.75) is 83.1 Å². The van der Waals surface area contributed by atoms with Gasteiger partial charge in [-0.05, 0) is 53.5 Å². The zero-order valence-corrected chi connectivity index (χ0v) is 12.6. The third-order valence-corrected chi connectivity index (χ3v) is 4.51. The molecule has 0 aliphatic carbocycles. The predicted molar refractivity (Wildman–Crippen MR) is 74.2 cm³/mol. The van der Waals surface area contributed by atoms with Gasteiger partial charge in [0.15, 0.2) is 0 Å². The van der Waals surface area contributed by atoms with Gasteiger partial charge in [-0.2, -0.15) is 0 Å². The molecule has 1 N–H and O–H groups in total. The van der Waals surface area contributed by atoms with Gasteiger partial charge in [-0.1, -0.05) is 6.42 Å². The number of carboxylic acid groups (broad SMARTS) is 1. The van der Waals surface area contributed by atoms with Crippen LogP contribution in [0.3, 0.4) is 0 Å². The predicted octanol–water partition coefficient (Wildman–Crippen LogP) is 2.66. The van der Waals surface area contributed by atoms with Gasteiger partial charge in [0.05, 0.1) is 17.6 Å². The molecule has 2 rings (SSSR count). The first-order valence-electron chi connectivity index (χ1n) is 7.39. The highest BCUT2D eigenvalue weighted by atomic mass is 16.5. The van der Waals surface area contributed by atoms with Gasteiger partial charge in [0.25, 0.3) is 0 Å². The molecule has 2 aliphatic heterocycles. The van der Waals surface area contributed by atoms with Crippen molar-refractivity contribution in [1.29, 1.82) is 0 Å². The number of hydrogen-bond donors (Lipinski definition) is 1. The fourth-order valence-corrected chi connectivity index (χ4v) is 3.90. The highest BCUT2D eigenvalue weighted by Gasteiger charge is 2.50. The van der Waals surface area contributed by atoms with E-state index in [-0.39, 0.29) is 23.7 Å². The van der Waals surface area contributed by atoms with Crippen molar-refractivity contribution in [1.82, 2.24) is 4.90 Å². The largest absolute Gasteiger partial charge is 0.481 e. The molecule has 0 aromatic rings. The molecule has 0 radical (unpaired) electrons. The van der Waals surface area contributed by atoms with Crippen LogP contribution in [0.5, 0.6) is 0 Å². The number of nitrogens with zero attached hydrogens (tertiary/aromatic N) is 1. The molecule has 0 bridgehead atoms. The summed E-state index contributed by atoms with van der Waals surface area (Å²) < 4.78 is 6.17. The Labute approximate surface area is 116 Å². The first kappa shape index (κ1) is 14.8. The first-order valence-corrected chi connectivity index (χ1v) is 7.39. The van der Waals surface area contributed by atoms with E-state index in [2.05, 4.69) is 32.6 Å². The summed E-state index contributed by atoms with van der Waals surface area (Å²) in [6.45, 7) is 9.54. The number of piperidine rings is 1. The number of aliphatic carboxylic acids is 1. The molecule has 2 saturated heterocycles. The van der Waals surface area contributed by atoms with E-state index in [0.717, 1.165) is 25.8 Å². The van der Waals surface area contributed by atoms with E-state index in [1.807, 2.05) is 0 Å². The number of carboxylic acids is 1. The lowest BCUT2D eigenvalue weighted by atomic mass is 9.88. The van der Waals surface area contributed by atoms with Crippen LogP contribution in [0, 0.1) is 0 Å². The van der Waals surface area contributed by atoms with Crippen LogP contribution in [0.4, 0.5) is 0 Å². The molecular weight excluding hydrogens is 242 g/mol. The van der Waals surface area contributed by atoms with Crippen LogP contribution in [0.25, 0.3) is 0 Å². The molecule has 0 spiro atoms. The molecule has 0 aromatic carbocycles. The Morgan fingerprint density at radius 2 is 2.00 bits per heavy atom. The molecule has 0 amide bonds. The maximum absolute atomic E-state index is 11.1. The average molecular weight is 269 g/mol. The summed E-state index contributed by atoms with van der Waals surface area (Å²) in [5.41, 5.74) is -0.309. The van der Waals surface area contributed by atoms with Gasteiger partial charge in [-0.3, -0.25) is 9.69 Å². The maximum atomic E-state index is 11.1. The molecule has 2 fully saturated rings. The van der Waals surface area contributed by atoms with E-state index in [0.29, 0.717) is 6.04 Å². The zero-order chi connectivity index (χ0) is 14.3. The van der Waals surface area contributed by atoms with Crippen molar-refractivity contribution in [3.63, 3.8) is 0 Å². The smallest absolute Gasteiger partial charge is 0.304 e. The van der Waals surface area contributed by atoms with Crippen molar-refractivity contribution in [2.75, 3.05) is 6.54 Å². The van der Waals surface area contributed by atoms with Crippen LogP contribution in [-0.4, -0.2) is 45.8 Å². The summed E-state index contributed by atoms with van der Waals surface area (Å²) in [5, 5.41) is 9.10. The van der Waals surface area contributed by atoms with Crippen molar-refractivity contribution < 1.29 is 14.6 Å². The van der Waals surface area contributed by atoms with Gasteiger partial charge < -0.3 is 9.84 Å². The molecule has 2 heterocycles. The molecule has 2 unspecified atom stereocenters. The normalized spacial score (nSPS) is 34.3. The lowest BCUT2D eigenvalue weighted by molar-refractivity contribution is -0.140. The van der Waals surface area contributed by atoms with E-state index >= 15 is 0 Å². The highest BCUT2D eigenvalue weighted by Crippen LogP contribution is 2.42. The minimum atomic E-state index is -0.687.